The minimum atomic E-state index is -0.0677. The van der Waals surface area contributed by atoms with E-state index in [0.29, 0.717) is 23.1 Å². The summed E-state index contributed by atoms with van der Waals surface area (Å²) in [5.74, 6) is 1.50. The first-order valence-electron chi connectivity index (χ1n) is 13.9. The van der Waals surface area contributed by atoms with Crippen LogP contribution >= 0.6 is 11.8 Å². The Kier molecular flexibility index (Phi) is 7.27. The van der Waals surface area contributed by atoms with E-state index in [-0.39, 0.29) is 11.3 Å². The number of hydrogen-bond acceptors (Lipinski definition) is 8. The van der Waals surface area contributed by atoms with Gasteiger partial charge >= 0.3 is 0 Å². The van der Waals surface area contributed by atoms with Crippen LogP contribution in [-0.2, 0) is 13.0 Å². The van der Waals surface area contributed by atoms with Gasteiger partial charge in [-0.2, -0.15) is 0 Å². The van der Waals surface area contributed by atoms with E-state index in [9.17, 15) is 5.11 Å². The Morgan fingerprint density at radius 3 is 2.40 bits per heavy atom. The van der Waals surface area contributed by atoms with Crippen molar-refractivity contribution in [2.24, 2.45) is 5.41 Å². The fourth-order valence-corrected chi connectivity index (χ4v) is 6.68. The van der Waals surface area contributed by atoms with Crippen molar-refractivity contribution >= 4 is 22.8 Å². The number of nitrogens with one attached hydrogen (secondary N) is 1. The molecule has 0 saturated heterocycles. The minimum Gasteiger partial charge on any atom is -0.491 e. The summed E-state index contributed by atoms with van der Waals surface area (Å²) in [5, 5.41) is 35.3. The van der Waals surface area contributed by atoms with E-state index >= 15 is 0 Å². The van der Waals surface area contributed by atoms with Crippen LogP contribution in [0.4, 0.5) is 0 Å². The number of imidazole rings is 1. The molecule has 40 heavy (non-hydrogen) atoms. The lowest BCUT2D eigenvalue weighted by atomic mass is 9.92. The number of tetrazole rings is 1. The molecule has 0 spiro atoms. The van der Waals surface area contributed by atoms with Crippen LogP contribution in [0.2, 0.25) is 0 Å². The summed E-state index contributed by atoms with van der Waals surface area (Å²) in [7, 11) is 0. The summed E-state index contributed by atoms with van der Waals surface area (Å²) in [4.78, 5) is 5.08. The lowest BCUT2D eigenvalue weighted by molar-refractivity contribution is 0.393. The van der Waals surface area contributed by atoms with E-state index in [0.717, 1.165) is 45.0 Å². The summed E-state index contributed by atoms with van der Waals surface area (Å²) in [6.07, 6.45) is 6.96. The first-order chi connectivity index (χ1) is 19.4. The Hall–Kier alpha value is -3.79. The normalized spacial score (nSPS) is 14.7. The van der Waals surface area contributed by atoms with Gasteiger partial charge < -0.3 is 9.67 Å². The molecule has 206 valence electrons. The zero-order chi connectivity index (χ0) is 27.7. The molecular weight excluding hydrogens is 520 g/mol. The molecule has 10 heteroatoms. The molecule has 1 aliphatic carbocycles. The van der Waals surface area contributed by atoms with Gasteiger partial charge in [0.25, 0.3) is 5.88 Å². The molecule has 1 fully saturated rings. The molecule has 5 aromatic rings. The highest BCUT2D eigenvalue weighted by Crippen LogP contribution is 2.38. The second-order valence-electron chi connectivity index (χ2n) is 11.7. The lowest BCUT2D eigenvalue weighted by Gasteiger charge is -2.20. The SMILES string of the molecule is CC(C)(C)Cc1nc2c(SC3CCCCC3)nnc(O)c2n1Cc1ccc(-c2ccccc2-c2nnn[nH]2)cc1. The monoisotopic (exact) mass is 554 g/mol. The number of aromatic hydroxyl groups is 1. The Morgan fingerprint density at radius 2 is 1.70 bits per heavy atom. The Labute approximate surface area is 237 Å². The van der Waals surface area contributed by atoms with Gasteiger partial charge in [-0.1, -0.05) is 100 Å². The second-order valence-corrected chi connectivity index (χ2v) is 13.0. The average molecular weight is 555 g/mol. The molecule has 0 bridgehead atoms. The number of thioether (sulfide) groups is 1. The van der Waals surface area contributed by atoms with Gasteiger partial charge in [-0.05, 0) is 45.4 Å². The molecule has 2 N–H and O–H groups in total. The molecule has 0 amide bonds. The topological polar surface area (TPSA) is 118 Å². The quantitative estimate of drug-likeness (QED) is 0.236. The smallest absolute Gasteiger partial charge is 0.257 e. The molecule has 3 heterocycles. The maximum Gasteiger partial charge on any atom is 0.257 e. The summed E-state index contributed by atoms with van der Waals surface area (Å²) >= 11 is 1.77. The minimum absolute atomic E-state index is 0.0232. The van der Waals surface area contributed by atoms with Crippen molar-refractivity contribution in [2.75, 3.05) is 0 Å². The Morgan fingerprint density at radius 1 is 0.950 bits per heavy atom. The van der Waals surface area contributed by atoms with E-state index in [1.165, 1.54) is 32.1 Å². The number of nitrogens with zero attached hydrogens (tertiary/aromatic N) is 7. The highest BCUT2D eigenvalue weighted by atomic mass is 32.2. The fraction of sp³-hybridized carbons (Fsp3) is 0.400. The molecule has 0 unspecified atom stereocenters. The molecule has 3 aromatic heterocycles. The van der Waals surface area contributed by atoms with Crippen LogP contribution in [0.15, 0.2) is 53.6 Å². The average Bonchev–Trinajstić information content (AvgIpc) is 3.60. The zero-order valence-electron chi connectivity index (χ0n) is 23.1. The van der Waals surface area contributed by atoms with Crippen LogP contribution in [0.5, 0.6) is 5.88 Å². The lowest BCUT2D eigenvalue weighted by Crippen LogP contribution is -2.15. The third-order valence-electron chi connectivity index (χ3n) is 7.35. The fourth-order valence-electron chi connectivity index (χ4n) is 5.45. The predicted molar refractivity (Wildman–Crippen MR) is 157 cm³/mol. The summed E-state index contributed by atoms with van der Waals surface area (Å²) in [5.41, 5.74) is 5.62. The second kappa shape index (κ2) is 11.0. The van der Waals surface area contributed by atoms with Gasteiger partial charge in [0.15, 0.2) is 5.82 Å². The van der Waals surface area contributed by atoms with Gasteiger partial charge in [0.1, 0.15) is 21.9 Å². The molecule has 1 aliphatic rings. The van der Waals surface area contributed by atoms with Gasteiger partial charge in [-0.25, -0.2) is 10.1 Å². The van der Waals surface area contributed by atoms with Gasteiger partial charge in [0.2, 0.25) is 0 Å². The number of H-pyrrole nitrogens is 1. The van der Waals surface area contributed by atoms with Gasteiger partial charge in [-0.15, -0.1) is 15.3 Å². The standard InChI is InChI=1S/C30H34N8OS/c1-30(2,3)17-24-31-25-26(28(39)34-35-29(25)40-21-9-5-4-6-10-21)38(24)18-19-13-15-20(16-14-19)22-11-7-8-12-23(22)27-32-36-37-33-27/h7-8,11-16,21H,4-6,9-10,17-18H2,1-3H3,(H,34,39)(H,32,33,36,37). The summed E-state index contributed by atoms with van der Waals surface area (Å²) < 4.78 is 2.12. The van der Waals surface area contributed by atoms with Crippen LogP contribution in [0.25, 0.3) is 33.5 Å². The number of benzene rings is 2. The third-order valence-corrected chi connectivity index (χ3v) is 8.65. The van der Waals surface area contributed by atoms with Crippen LogP contribution in [0.3, 0.4) is 0 Å². The molecule has 1 saturated carbocycles. The van der Waals surface area contributed by atoms with Crippen LogP contribution < -0.4 is 0 Å². The molecule has 0 atom stereocenters. The predicted octanol–water partition coefficient (Wildman–Crippen LogP) is 6.44. The van der Waals surface area contributed by atoms with E-state index in [1.807, 2.05) is 18.2 Å². The van der Waals surface area contributed by atoms with E-state index in [4.69, 9.17) is 4.98 Å². The maximum absolute atomic E-state index is 10.9. The van der Waals surface area contributed by atoms with Crippen LogP contribution in [-0.4, -0.2) is 50.7 Å². The largest absolute Gasteiger partial charge is 0.491 e. The zero-order valence-corrected chi connectivity index (χ0v) is 23.9. The van der Waals surface area contributed by atoms with Crippen molar-refractivity contribution in [1.29, 1.82) is 0 Å². The van der Waals surface area contributed by atoms with Gasteiger partial charge in [-0.3, -0.25) is 0 Å². The first kappa shape index (κ1) is 26.4. The Balaban J connectivity index is 1.36. The van der Waals surface area contributed by atoms with Crippen molar-refractivity contribution < 1.29 is 5.11 Å². The molecular formula is C30H34N8OS. The maximum atomic E-state index is 10.9. The highest BCUT2D eigenvalue weighted by Gasteiger charge is 2.25. The van der Waals surface area contributed by atoms with E-state index in [1.54, 1.807) is 11.8 Å². The van der Waals surface area contributed by atoms with Crippen LogP contribution in [0.1, 0.15) is 64.3 Å². The molecule has 9 nitrogen and oxygen atoms in total. The number of aromatic nitrogens is 8. The summed E-state index contributed by atoms with van der Waals surface area (Å²) in [6.45, 7) is 7.20. The number of aromatic amines is 1. The third kappa shape index (κ3) is 5.58. The first-order valence-corrected chi connectivity index (χ1v) is 14.8. The van der Waals surface area contributed by atoms with Crippen molar-refractivity contribution in [3.05, 3.63) is 59.9 Å². The Bertz CT molecular complexity index is 1600. The number of hydrogen-bond donors (Lipinski definition) is 2. The highest BCUT2D eigenvalue weighted by molar-refractivity contribution is 8.00. The molecule has 2 aromatic carbocycles. The van der Waals surface area contributed by atoms with Crippen molar-refractivity contribution in [3.8, 4) is 28.4 Å². The molecule has 0 aliphatic heterocycles. The van der Waals surface area contributed by atoms with Gasteiger partial charge in [0.05, 0.1) is 0 Å². The van der Waals surface area contributed by atoms with E-state index < -0.39 is 0 Å². The van der Waals surface area contributed by atoms with Crippen molar-refractivity contribution in [3.63, 3.8) is 0 Å². The van der Waals surface area contributed by atoms with Crippen molar-refractivity contribution in [1.82, 2.24) is 40.4 Å². The van der Waals surface area contributed by atoms with E-state index in [2.05, 4.69) is 86.5 Å². The molecule has 6 rings (SSSR count). The number of rotatable bonds is 7. The molecule has 0 radical (unpaired) electrons. The van der Waals surface area contributed by atoms with Gasteiger partial charge in [0, 0.05) is 23.8 Å². The van der Waals surface area contributed by atoms with Crippen molar-refractivity contribution in [2.45, 2.75) is 76.1 Å². The van der Waals surface area contributed by atoms with Crippen LogP contribution in [0, 0.1) is 5.41 Å². The number of fused-ring (bicyclic) bond motifs is 1. The summed E-state index contributed by atoms with van der Waals surface area (Å²) in [6, 6.07) is 16.6.